The number of Topliss-reactive ketones (excluding diaryl/α,β-unsaturated/α-hetero) is 1. The van der Waals surface area contributed by atoms with Crippen molar-refractivity contribution in [3.63, 3.8) is 0 Å². The second-order valence-electron chi connectivity index (χ2n) is 3.53. The van der Waals surface area contributed by atoms with Gasteiger partial charge in [0.25, 0.3) is 0 Å². The molecule has 0 N–H and O–H groups in total. The predicted molar refractivity (Wildman–Crippen MR) is 60.0 cm³/mol. The van der Waals surface area contributed by atoms with Gasteiger partial charge < -0.3 is 0 Å². The smallest absolute Gasteiger partial charge is 0.163 e. The number of carbonyl (C=O) groups excluding carboxylic acids is 1. The Kier molecular flexibility index (Phi) is 4.76. The molecule has 3 heteroatoms. The third-order valence-corrected chi connectivity index (χ3v) is 2.54. The molecule has 0 unspecified atom stereocenters. The molecular weight excluding hydrogens is 215 g/mol. The van der Waals surface area contributed by atoms with Gasteiger partial charge in [-0.1, -0.05) is 0 Å². The van der Waals surface area contributed by atoms with Crippen LogP contribution in [0.3, 0.4) is 0 Å². The number of aryl methyl sites for hydroxylation is 1. The van der Waals surface area contributed by atoms with Crippen LogP contribution < -0.4 is 0 Å². The summed E-state index contributed by atoms with van der Waals surface area (Å²) in [4.78, 5) is 11.7. The molecule has 15 heavy (non-hydrogen) atoms. The van der Waals surface area contributed by atoms with Crippen LogP contribution in [0.15, 0.2) is 18.2 Å². The molecule has 0 amide bonds. The molecule has 0 radical (unpaired) electrons. The average Bonchev–Trinajstić information content (AvgIpc) is 2.17. The molecule has 0 spiro atoms. The van der Waals surface area contributed by atoms with E-state index in [1.54, 1.807) is 13.0 Å². The first-order chi connectivity index (χ1) is 7.15. The first-order valence-electron chi connectivity index (χ1n) is 5.00. The SMILES string of the molecule is Cc1cc(F)ccc1C(=O)CCCCCl. The van der Waals surface area contributed by atoms with Crippen LogP contribution in [0.5, 0.6) is 0 Å². The van der Waals surface area contributed by atoms with Crippen molar-refractivity contribution in [3.8, 4) is 0 Å². The molecule has 0 aliphatic heterocycles. The number of ketones is 1. The molecule has 0 heterocycles. The molecule has 1 rings (SSSR count). The van der Waals surface area contributed by atoms with Crippen molar-refractivity contribution in [2.75, 3.05) is 5.88 Å². The zero-order chi connectivity index (χ0) is 11.3. The summed E-state index contributed by atoms with van der Waals surface area (Å²) in [5.41, 5.74) is 1.32. The summed E-state index contributed by atoms with van der Waals surface area (Å²) in [6.07, 6.45) is 2.12. The lowest BCUT2D eigenvalue weighted by molar-refractivity contribution is 0.0979. The van der Waals surface area contributed by atoms with Gasteiger partial charge in [0.2, 0.25) is 0 Å². The minimum Gasteiger partial charge on any atom is -0.294 e. The summed E-state index contributed by atoms with van der Waals surface area (Å²) in [7, 11) is 0. The fraction of sp³-hybridized carbons (Fsp3) is 0.417. The van der Waals surface area contributed by atoms with Crippen molar-refractivity contribution >= 4 is 17.4 Å². The van der Waals surface area contributed by atoms with Crippen molar-refractivity contribution in [1.29, 1.82) is 0 Å². The summed E-state index contributed by atoms with van der Waals surface area (Å²) in [6.45, 7) is 1.75. The highest BCUT2D eigenvalue weighted by Gasteiger charge is 2.08. The summed E-state index contributed by atoms with van der Waals surface area (Å²) >= 11 is 5.52. The quantitative estimate of drug-likeness (QED) is 0.426. The summed E-state index contributed by atoms with van der Waals surface area (Å²) in [5.74, 6) is 0.345. The lowest BCUT2D eigenvalue weighted by Gasteiger charge is -2.04. The molecule has 0 fully saturated rings. The number of alkyl halides is 1. The second kappa shape index (κ2) is 5.86. The molecule has 0 aliphatic rings. The predicted octanol–water partition coefficient (Wildman–Crippen LogP) is 3.73. The second-order valence-corrected chi connectivity index (χ2v) is 3.91. The van der Waals surface area contributed by atoms with Crippen LogP contribution in [0.2, 0.25) is 0 Å². The molecule has 82 valence electrons. The maximum Gasteiger partial charge on any atom is 0.163 e. The van der Waals surface area contributed by atoms with E-state index in [2.05, 4.69) is 0 Å². The molecular formula is C12H14ClFO. The highest BCUT2D eigenvalue weighted by atomic mass is 35.5. The Morgan fingerprint density at radius 1 is 1.40 bits per heavy atom. The Balaban J connectivity index is 2.65. The van der Waals surface area contributed by atoms with Crippen molar-refractivity contribution in [1.82, 2.24) is 0 Å². The molecule has 1 nitrogen and oxygen atoms in total. The topological polar surface area (TPSA) is 17.1 Å². The van der Waals surface area contributed by atoms with Gasteiger partial charge in [-0.3, -0.25) is 4.79 Å². The average molecular weight is 229 g/mol. The highest BCUT2D eigenvalue weighted by Crippen LogP contribution is 2.13. The fourth-order valence-electron chi connectivity index (χ4n) is 1.45. The third kappa shape index (κ3) is 3.63. The number of benzene rings is 1. The van der Waals surface area contributed by atoms with Crippen molar-refractivity contribution in [2.45, 2.75) is 26.2 Å². The lowest BCUT2D eigenvalue weighted by Crippen LogP contribution is -2.02. The van der Waals surface area contributed by atoms with E-state index in [-0.39, 0.29) is 11.6 Å². The monoisotopic (exact) mass is 228 g/mol. The van der Waals surface area contributed by atoms with Gasteiger partial charge in [0.15, 0.2) is 5.78 Å². The van der Waals surface area contributed by atoms with E-state index in [1.807, 2.05) is 0 Å². The fourth-order valence-corrected chi connectivity index (χ4v) is 1.64. The Labute approximate surface area is 94.3 Å². The van der Waals surface area contributed by atoms with E-state index in [0.29, 0.717) is 23.4 Å². The number of carbonyl (C=O) groups is 1. The number of hydrogen-bond donors (Lipinski definition) is 0. The van der Waals surface area contributed by atoms with Gasteiger partial charge >= 0.3 is 0 Å². The Morgan fingerprint density at radius 3 is 2.73 bits per heavy atom. The molecule has 0 aromatic heterocycles. The molecule has 1 aromatic rings. The van der Waals surface area contributed by atoms with Crippen LogP contribution in [0.4, 0.5) is 4.39 Å². The van der Waals surface area contributed by atoms with Crippen LogP contribution in [-0.4, -0.2) is 11.7 Å². The number of rotatable bonds is 5. The van der Waals surface area contributed by atoms with E-state index in [0.717, 1.165) is 12.8 Å². The normalized spacial score (nSPS) is 10.3. The number of hydrogen-bond acceptors (Lipinski definition) is 1. The Hall–Kier alpha value is -0.890. The first-order valence-corrected chi connectivity index (χ1v) is 5.54. The Morgan fingerprint density at radius 2 is 2.13 bits per heavy atom. The third-order valence-electron chi connectivity index (χ3n) is 2.28. The van der Waals surface area contributed by atoms with Crippen molar-refractivity contribution in [2.24, 2.45) is 0 Å². The minimum atomic E-state index is -0.301. The first kappa shape index (κ1) is 12.2. The van der Waals surface area contributed by atoms with Crippen LogP contribution >= 0.6 is 11.6 Å². The van der Waals surface area contributed by atoms with E-state index in [4.69, 9.17) is 11.6 Å². The molecule has 0 saturated carbocycles. The maximum absolute atomic E-state index is 12.8. The standard InChI is InChI=1S/C12H14ClFO/c1-9-8-10(14)5-6-11(9)12(15)4-2-3-7-13/h5-6,8H,2-4,7H2,1H3. The molecule has 0 atom stereocenters. The Bertz CT molecular complexity index is 349. The highest BCUT2D eigenvalue weighted by molar-refractivity contribution is 6.17. The summed E-state index contributed by atoms with van der Waals surface area (Å²) in [6, 6.07) is 4.25. The van der Waals surface area contributed by atoms with Crippen LogP contribution in [0, 0.1) is 12.7 Å². The minimum absolute atomic E-state index is 0.0672. The largest absolute Gasteiger partial charge is 0.294 e. The van der Waals surface area contributed by atoms with Gasteiger partial charge in [0.05, 0.1) is 0 Å². The zero-order valence-corrected chi connectivity index (χ0v) is 9.48. The van der Waals surface area contributed by atoms with Gasteiger partial charge in [-0.25, -0.2) is 4.39 Å². The summed E-state index contributed by atoms with van der Waals surface area (Å²) < 4.78 is 12.8. The molecule has 0 saturated heterocycles. The van der Waals surface area contributed by atoms with Gasteiger partial charge in [0.1, 0.15) is 5.82 Å². The van der Waals surface area contributed by atoms with Gasteiger partial charge in [-0.2, -0.15) is 0 Å². The van der Waals surface area contributed by atoms with Crippen molar-refractivity contribution in [3.05, 3.63) is 35.1 Å². The van der Waals surface area contributed by atoms with Gasteiger partial charge in [-0.15, -0.1) is 11.6 Å². The van der Waals surface area contributed by atoms with Gasteiger partial charge in [0, 0.05) is 17.9 Å². The maximum atomic E-state index is 12.8. The van der Waals surface area contributed by atoms with E-state index in [1.165, 1.54) is 12.1 Å². The number of unbranched alkanes of at least 4 members (excludes halogenated alkanes) is 1. The van der Waals surface area contributed by atoms with Crippen LogP contribution in [0.25, 0.3) is 0 Å². The molecule has 0 aliphatic carbocycles. The lowest BCUT2D eigenvalue weighted by atomic mass is 10.0. The zero-order valence-electron chi connectivity index (χ0n) is 8.72. The number of halogens is 2. The van der Waals surface area contributed by atoms with E-state index in [9.17, 15) is 9.18 Å². The van der Waals surface area contributed by atoms with Crippen molar-refractivity contribution < 1.29 is 9.18 Å². The molecule has 1 aromatic carbocycles. The molecule has 0 bridgehead atoms. The van der Waals surface area contributed by atoms with Crippen LogP contribution in [0.1, 0.15) is 35.2 Å². The van der Waals surface area contributed by atoms with Gasteiger partial charge in [-0.05, 0) is 43.5 Å². The van der Waals surface area contributed by atoms with Crippen LogP contribution in [-0.2, 0) is 0 Å². The summed E-state index contributed by atoms with van der Waals surface area (Å²) in [5, 5.41) is 0. The van der Waals surface area contributed by atoms with E-state index < -0.39 is 0 Å². The van der Waals surface area contributed by atoms with E-state index >= 15 is 0 Å².